The van der Waals surface area contributed by atoms with Crippen LogP contribution in [0.4, 0.5) is 0 Å². The summed E-state index contributed by atoms with van der Waals surface area (Å²) in [7, 11) is 1.63. The van der Waals surface area contributed by atoms with Gasteiger partial charge in [0.05, 0.1) is 13.2 Å². The molecule has 0 unspecified atom stereocenters. The fourth-order valence-electron chi connectivity index (χ4n) is 2.01. The molecule has 0 radical (unpaired) electrons. The maximum Gasteiger partial charge on any atom is 0.320 e. The van der Waals surface area contributed by atoms with Crippen LogP contribution in [0, 0.1) is 0 Å². The lowest BCUT2D eigenvalue weighted by Gasteiger charge is -2.39. The number of nitrogens with two attached hydrogens (primary N) is 1. The standard InChI is InChI=1S/C11H20N2O3S/c1-3-16-9(14)8-13-6-4-11(15-2,5-7-13)10(12)17/h3-8H2,1-2H3,(H2,12,17). The van der Waals surface area contributed by atoms with Crippen molar-refractivity contribution in [2.75, 3.05) is 33.4 Å². The number of ether oxygens (including phenoxy) is 2. The van der Waals surface area contributed by atoms with Crippen LogP contribution in [0.2, 0.25) is 0 Å². The van der Waals surface area contributed by atoms with Gasteiger partial charge in [-0.15, -0.1) is 0 Å². The van der Waals surface area contributed by atoms with Crippen LogP contribution in [0.25, 0.3) is 0 Å². The monoisotopic (exact) mass is 260 g/mol. The number of thiocarbonyl (C=S) groups is 1. The van der Waals surface area contributed by atoms with Crippen LogP contribution in [0.5, 0.6) is 0 Å². The maximum absolute atomic E-state index is 11.3. The number of carbonyl (C=O) groups excluding carboxylic acids is 1. The van der Waals surface area contributed by atoms with Gasteiger partial charge in [0.1, 0.15) is 10.6 Å². The van der Waals surface area contributed by atoms with Gasteiger partial charge < -0.3 is 15.2 Å². The second-order valence-electron chi connectivity index (χ2n) is 4.14. The van der Waals surface area contributed by atoms with E-state index in [0.717, 1.165) is 25.9 Å². The molecule has 1 saturated heterocycles. The molecular weight excluding hydrogens is 240 g/mol. The fourth-order valence-corrected chi connectivity index (χ4v) is 2.30. The molecule has 17 heavy (non-hydrogen) atoms. The van der Waals surface area contributed by atoms with Crippen molar-refractivity contribution in [1.82, 2.24) is 4.90 Å². The highest BCUT2D eigenvalue weighted by atomic mass is 32.1. The van der Waals surface area contributed by atoms with Crippen molar-refractivity contribution in [1.29, 1.82) is 0 Å². The van der Waals surface area contributed by atoms with Crippen molar-refractivity contribution in [3.63, 3.8) is 0 Å². The molecule has 0 aromatic carbocycles. The number of hydrogen-bond donors (Lipinski definition) is 1. The second kappa shape index (κ2) is 6.28. The van der Waals surface area contributed by atoms with E-state index in [0.29, 0.717) is 18.1 Å². The van der Waals surface area contributed by atoms with E-state index in [9.17, 15) is 4.79 Å². The average molecular weight is 260 g/mol. The highest BCUT2D eigenvalue weighted by Gasteiger charge is 2.37. The van der Waals surface area contributed by atoms with E-state index in [-0.39, 0.29) is 5.97 Å². The van der Waals surface area contributed by atoms with Crippen molar-refractivity contribution >= 4 is 23.2 Å². The van der Waals surface area contributed by atoms with Crippen LogP contribution in [-0.2, 0) is 14.3 Å². The van der Waals surface area contributed by atoms with E-state index in [4.69, 9.17) is 27.4 Å². The Morgan fingerprint density at radius 3 is 2.47 bits per heavy atom. The molecule has 0 amide bonds. The van der Waals surface area contributed by atoms with Gasteiger partial charge in [0, 0.05) is 20.2 Å². The highest BCUT2D eigenvalue weighted by molar-refractivity contribution is 7.80. The van der Waals surface area contributed by atoms with Crippen LogP contribution >= 0.6 is 12.2 Å². The van der Waals surface area contributed by atoms with Crippen LogP contribution in [0.1, 0.15) is 19.8 Å². The van der Waals surface area contributed by atoms with E-state index < -0.39 is 5.60 Å². The summed E-state index contributed by atoms with van der Waals surface area (Å²) < 4.78 is 10.3. The van der Waals surface area contributed by atoms with Crippen LogP contribution < -0.4 is 5.73 Å². The largest absolute Gasteiger partial charge is 0.465 e. The first kappa shape index (κ1) is 14.3. The molecular formula is C11H20N2O3S. The lowest BCUT2D eigenvalue weighted by Crippen LogP contribution is -2.53. The van der Waals surface area contributed by atoms with Gasteiger partial charge in [0.2, 0.25) is 0 Å². The molecule has 0 saturated carbocycles. The van der Waals surface area contributed by atoms with Crippen LogP contribution in [0.15, 0.2) is 0 Å². The minimum Gasteiger partial charge on any atom is -0.465 e. The van der Waals surface area contributed by atoms with Gasteiger partial charge in [0.25, 0.3) is 0 Å². The molecule has 0 aromatic rings. The lowest BCUT2D eigenvalue weighted by molar-refractivity contribution is -0.145. The van der Waals surface area contributed by atoms with E-state index >= 15 is 0 Å². The summed E-state index contributed by atoms with van der Waals surface area (Å²) in [4.78, 5) is 13.8. The summed E-state index contributed by atoms with van der Waals surface area (Å²) in [6.07, 6.45) is 1.44. The molecule has 1 fully saturated rings. The molecule has 6 heteroatoms. The molecule has 0 aromatic heterocycles. The van der Waals surface area contributed by atoms with Gasteiger partial charge in [-0.2, -0.15) is 0 Å². The smallest absolute Gasteiger partial charge is 0.320 e. The first-order valence-corrected chi connectivity index (χ1v) is 6.18. The molecule has 0 aliphatic carbocycles. The quantitative estimate of drug-likeness (QED) is 0.567. The van der Waals surface area contributed by atoms with Gasteiger partial charge in [-0.05, 0) is 19.8 Å². The highest BCUT2D eigenvalue weighted by Crippen LogP contribution is 2.26. The summed E-state index contributed by atoms with van der Waals surface area (Å²) in [5.74, 6) is -0.187. The first-order valence-electron chi connectivity index (χ1n) is 5.77. The summed E-state index contributed by atoms with van der Waals surface area (Å²) in [6.45, 7) is 4.03. The summed E-state index contributed by atoms with van der Waals surface area (Å²) in [5, 5.41) is 0. The van der Waals surface area contributed by atoms with Gasteiger partial charge in [-0.25, -0.2) is 0 Å². The number of esters is 1. The predicted octanol–water partition coefficient (Wildman–Crippen LogP) is 0.317. The third-order valence-electron chi connectivity index (χ3n) is 3.16. The first-order chi connectivity index (χ1) is 8.04. The van der Waals surface area contributed by atoms with Gasteiger partial charge >= 0.3 is 5.97 Å². The predicted molar refractivity (Wildman–Crippen MR) is 68.8 cm³/mol. The van der Waals surface area contributed by atoms with Gasteiger partial charge in [-0.3, -0.25) is 9.69 Å². The zero-order chi connectivity index (χ0) is 12.9. The Hall–Kier alpha value is -0.720. The Balaban J connectivity index is 2.45. The molecule has 2 N–H and O–H groups in total. The Morgan fingerprint density at radius 1 is 1.47 bits per heavy atom. The SMILES string of the molecule is CCOC(=O)CN1CCC(OC)(C(N)=S)CC1. The molecule has 0 atom stereocenters. The van der Waals surface area contributed by atoms with Crippen LogP contribution in [-0.4, -0.2) is 54.8 Å². The Labute approximate surface area is 107 Å². The summed E-state index contributed by atoms with van der Waals surface area (Å²) >= 11 is 5.04. The topological polar surface area (TPSA) is 64.8 Å². The lowest BCUT2D eigenvalue weighted by atomic mass is 9.91. The summed E-state index contributed by atoms with van der Waals surface area (Å²) in [6, 6.07) is 0. The number of piperidine rings is 1. The number of nitrogens with zero attached hydrogens (tertiary/aromatic N) is 1. The molecule has 98 valence electrons. The van der Waals surface area contributed by atoms with E-state index in [1.165, 1.54) is 0 Å². The van der Waals surface area contributed by atoms with Crippen molar-refractivity contribution in [2.24, 2.45) is 5.73 Å². The van der Waals surface area contributed by atoms with Crippen molar-refractivity contribution in [3.05, 3.63) is 0 Å². The molecule has 5 nitrogen and oxygen atoms in total. The third-order valence-corrected chi connectivity index (χ3v) is 3.53. The molecule has 1 rings (SSSR count). The van der Waals surface area contributed by atoms with Crippen molar-refractivity contribution in [2.45, 2.75) is 25.4 Å². The number of rotatable bonds is 5. The second-order valence-corrected chi connectivity index (χ2v) is 4.58. The number of likely N-dealkylation sites (tertiary alicyclic amines) is 1. The average Bonchev–Trinajstić information content (AvgIpc) is 2.30. The number of carbonyl (C=O) groups is 1. The Kier molecular flexibility index (Phi) is 5.30. The van der Waals surface area contributed by atoms with Gasteiger partial charge in [-0.1, -0.05) is 12.2 Å². The van der Waals surface area contributed by atoms with E-state index in [1.807, 2.05) is 4.90 Å². The Morgan fingerprint density at radius 2 is 2.06 bits per heavy atom. The number of methoxy groups -OCH3 is 1. The third kappa shape index (κ3) is 3.62. The minimum absolute atomic E-state index is 0.187. The van der Waals surface area contributed by atoms with E-state index in [2.05, 4.69) is 0 Å². The number of hydrogen-bond acceptors (Lipinski definition) is 5. The zero-order valence-corrected chi connectivity index (χ0v) is 11.2. The molecule has 0 spiro atoms. The summed E-state index contributed by atoms with van der Waals surface area (Å²) in [5.41, 5.74) is 5.20. The van der Waals surface area contributed by atoms with Crippen molar-refractivity contribution in [3.8, 4) is 0 Å². The molecule has 1 aliphatic rings. The maximum atomic E-state index is 11.3. The fraction of sp³-hybridized carbons (Fsp3) is 0.818. The normalized spacial score (nSPS) is 19.9. The van der Waals surface area contributed by atoms with Gasteiger partial charge in [0.15, 0.2) is 0 Å². The molecule has 1 heterocycles. The molecule has 1 aliphatic heterocycles. The van der Waals surface area contributed by atoms with Crippen LogP contribution in [0.3, 0.4) is 0 Å². The zero-order valence-electron chi connectivity index (χ0n) is 10.4. The Bertz CT molecular complexity index is 288. The molecule has 0 bridgehead atoms. The minimum atomic E-state index is -0.500. The van der Waals surface area contributed by atoms with E-state index in [1.54, 1.807) is 14.0 Å². The van der Waals surface area contributed by atoms with Crippen molar-refractivity contribution < 1.29 is 14.3 Å².